The van der Waals surface area contributed by atoms with E-state index in [1.54, 1.807) is 24.3 Å². The van der Waals surface area contributed by atoms with Crippen molar-refractivity contribution in [3.8, 4) is 0 Å². The molecule has 6 heteroatoms. The maximum atomic E-state index is 12.1. The fourth-order valence-electron chi connectivity index (χ4n) is 2.68. The molecule has 0 saturated carbocycles. The molecule has 1 aromatic carbocycles. The van der Waals surface area contributed by atoms with Gasteiger partial charge in [-0.25, -0.2) is 4.79 Å². The molecule has 1 heterocycles. The predicted octanol–water partition coefficient (Wildman–Crippen LogP) is 2.02. The first kappa shape index (κ1) is 18.0. The average Bonchev–Trinajstić information content (AvgIpc) is 2.52. The highest BCUT2D eigenvalue weighted by molar-refractivity contribution is 5.78. The SMILES string of the molecule is CC(C)CCC(C)NC(=O)CCn1c(=O)[nH]c(=O)c2ccccc21. The molecule has 6 nitrogen and oxygen atoms in total. The molecule has 2 rings (SSSR count). The largest absolute Gasteiger partial charge is 0.354 e. The van der Waals surface area contributed by atoms with Crippen molar-refractivity contribution in [3.63, 3.8) is 0 Å². The van der Waals surface area contributed by atoms with Crippen LogP contribution in [0.4, 0.5) is 0 Å². The first-order valence-corrected chi connectivity index (χ1v) is 8.39. The van der Waals surface area contributed by atoms with Gasteiger partial charge in [0, 0.05) is 19.0 Å². The number of rotatable bonds is 7. The topological polar surface area (TPSA) is 84.0 Å². The number of H-pyrrole nitrogens is 1. The van der Waals surface area contributed by atoms with Crippen LogP contribution in [-0.2, 0) is 11.3 Å². The van der Waals surface area contributed by atoms with Gasteiger partial charge < -0.3 is 5.32 Å². The summed E-state index contributed by atoms with van der Waals surface area (Å²) >= 11 is 0. The van der Waals surface area contributed by atoms with Crippen LogP contribution in [0.25, 0.3) is 10.9 Å². The second-order valence-corrected chi connectivity index (χ2v) is 6.62. The molecule has 0 fully saturated rings. The molecule has 0 aliphatic heterocycles. The Morgan fingerprint density at radius 3 is 2.58 bits per heavy atom. The van der Waals surface area contributed by atoms with Crippen molar-refractivity contribution in [1.82, 2.24) is 14.9 Å². The minimum absolute atomic E-state index is 0.0894. The van der Waals surface area contributed by atoms with Crippen molar-refractivity contribution >= 4 is 16.8 Å². The molecule has 2 N–H and O–H groups in total. The fourth-order valence-corrected chi connectivity index (χ4v) is 2.68. The number of aromatic nitrogens is 2. The van der Waals surface area contributed by atoms with Gasteiger partial charge in [-0.1, -0.05) is 26.0 Å². The Morgan fingerprint density at radius 1 is 1.17 bits per heavy atom. The Hall–Kier alpha value is -2.37. The van der Waals surface area contributed by atoms with Crippen LogP contribution in [-0.4, -0.2) is 21.5 Å². The van der Waals surface area contributed by atoms with Crippen LogP contribution < -0.4 is 16.6 Å². The molecule has 0 spiro atoms. The first-order valence-electron chi connectivity index (χ1n) is 8.39. The van der Waals surface area contributed by atoms with E-state index in [2.05, 4.69) is 24.1 Å². The lowest BCUT2D eigenvalue weighted by atomic mass is 10.0. The highest BCUT2D eigenvalue weighted by Crippen LogP contribution is 2.08. The van der Waals surface area contributed by atoms with Crippen molar-refractivity contribution in [2.45, 2.75) is 52.6 Å². The standard InChI is InChI=1S/C18H25N3O3/c1-12(2)8-9-13(3)19-16(22)10-11-21-15-7-5-4-6-14(15)17(23)20-18(21)24/h4-7,12-13H,8-11H2,1-3H3,(H,19,22)(H,20,23,24). The first-order chi connectivity index (χ1) is 11.4. The zero-order chi connectivity index (χ0) is 17.7. The van der Waals surface area contributed by atoms with E-state index in [0.29, 0.717) is 16.8 Å². The number of hydrogen-bond donors (Lipinski definition) is 2. The van der Waals surface area contributed by atoms with Gasteiger partial charge in [-0.15, -0.1) is 0 Å². The third-order valence-electron chi connectivity index (χ3n) is 4.05. The van der Waals surface area contributed by atoms with Crippen LogP contribution in [0.1, 0.15) is 40.0 Å². The third-order valence-corrected chi connectivity index (χ3v) is 4.05. The van der Waals surface area contributed by atoms with E-state index in [1.807, 2.05) is 6.92 Å². The van der Waals surface area contributed by atoms with Gasteiger partial charge >= 0.3 is 5.69 Å². The molecule has 130 valence electrons. The Bertz CT molecular complexity index is 820. The van der Waals surface area contributed by atoms with Gasteiger partial charge in [0.2, 0.25) is 5.91 Å². The number of nitrogens with zero attached hydrogens (tertiary/aromatic N) is 1. The van der Waals surface area contributed by atoms with Crippen LogP contribution in [0, 0.1) is 5.92 Å². The van der Waals surface area contributed by atoms with Crippen molar-refractivity contribution in [3.05, 3.63) is 45.1 Å². The molecule has 1 amide bonds. The number of hydrogen-bond acceptors (Lipinski definition) is 3. The number of aryl methyl sites for hydroxylation is 1. The second-order valence-electron chi connectivity index (χ2n) is 6.62. The Kier molecular flexibility index (Phi) is 5.95. The zero-order valence-corrected chi connectivity index (χ0v) is 14.5. The number of carbonyl (C=O) groups excluding carboxylic acids is 1. The molecule has 0 aliphatic carbocycles. The minimum atomic E-state index is -0.487. The molecular formula is C18H25N3O3. The molecule has 1 atom stereocenters. The van der Waals surface area contributed by atoms with Gasteiger partial charge in [0.05, 0.1) is 10.9 Å². The summed E-state index contributed by atoms with van der Waals surface area (Å²) in [4.78, 5) is 38.2. The molecule has 1 unspecified atom stereocenters. The Balaban J connectivity index is 2.05. The fraction of sp³-hybridized carbons (Fsp3) is 0.500. The number of nitrogens with one attached hydrogen (secondary N) is 2. The summed E-state index contributed by atoms with van der Waals surface area (Å²) in [5.74, 6) is 0.517. The van der Waals surface area contributed by atoms with Gasteiger partial charge in [-0.05, 0) is 37.8 Å². The van der Waals surface area contributed by atoms with E-state index in [-0.39, 0.29) is 24.9 Å². The van der Waals surface area contributed by atoms with Crippen molar-refractivity contribution in [2.24, 2.45) is 5.92 Å². The highest BCUT2D eigenvalue weighted by atomic mass is 16.2. The second kappa shape index (κ2) is 7.95. The molecule has 1 aromatic heterocycles. The lowest BCUT2D eigenvalue weighted by Gasteiger charge is -2.15. The molecule has 0 radical (unpaired) electrons. The number of para-hydroxylation sites is 1. The summed E-state index contributed by atoms with van der Waals surface area (Å²) in [6, 6.07) is 7.01. The molecule has 2 aromatic rings. The summed E-state index contributed by atoms with van der Waals surface area (Å²) in [7, 11) is 0. The Morgan fingerprint density at radius 2 is 1.88 bits per heavy atom. The number of carbonyl (C=O) groups is 1. The van der Waals surface area contributed by atoms with E-state index in [0.717, 1.165) is 12.8 Å². The monoisotopic (exact) mass is 331 g/mol. The maximum Gasteiger partial charge on any atom is 0.328 e. The summed E-state index contributed by atoms with van der Waals surface area (Å²) in [5, 5.41) is 3.41. The van der Waals surface area contributed by atoms with Gasteiger partial charge in [-0.2, -0.15) is 0 Å². The maximum absolute atomic E-state index is 12.1. The van der Waals surface area contributed by atoms with Crippen LogP contribution in [0.15, 0.2) is 33.9 Å². The predicted molar refractivity (Wildman–Crippen MR) is 95.1 cm³/mol. The lowest BCUT2D eigenvalue weighted by Crippen LogP contribution is -2.35. The number of benzene rings is 1. The van der Waals surface area contributed by atoms with Crippen LogP contribution in [0.3, 0.4) is 0 Å². The summed E-state index contributed by atoms with van der Waals surface area (Å²) in [6.07, 6.45) is 2.19. The summed E-state index contributed by atoms with van der Waals surface area (Å²) in [5.41, 5.74) is -0.343. The minimum Gasteiger partial charge on any atom is -0.354 e. The van der Waals surface area contributed by atoms with Crippen LogP contribution in [0.5, 0.6) is 0 Å². The van der Waals surface area contributed by atoms with Crippen LogP contribution >= 0.6 is 0 Å². The Labute approximate surface area is 140 Å². The highest BCUT2D eigenvalue weighted by Gasteiger charge is 2.11. The summed E-state index contributed by atoms with van der Waals surface area (Å²) < 4.78 is 1.44. The number of fused-ring (bicyclic) bond motifs is 1. The van der Waals surface area contributed by atoms with E-state index in [9.17, 15) is 14.4 Å². The van der Waals surface area contributed by atoms with E-state index >= 15 is 0 Å². The van der Waals surface area contributed by atoms with Gasteiger partial charge in [-0.3, -0.25) is 19.1 Å². The molecule has 0 aliphatic rings. The molecule has 24 heavy (non-hydrogen) atoms. The normalized spacial score (nSPS) is 12.5. The number of amides is 1. The van der Waals surface area contributed by atoms with E-state index in [1.165, 1.54) is 4.57 Å². The lowest BCUT2D eigenvalue weighted by molar-refractivity contribution is -0.121. The van der Waals surface area contributed by atoms with Crippen LogP contribution in [0.2, 0.25) is 0 Å². The van der Waals surface area contributed by atoms with Crippen molar-refractivity contribution < 1.29 is 4.79 Å². The molecule has 0 bridgehead atoms. The van der Waals surface area contributed by atoms with Crippen molar-refractivity contribution in [1.29, 1.82) is 0 Å². The smallest absolute Gasteiger partial charge is 0.328 e. The van der Waals surface area contributed by atoms with Gasteiger partial charge in [0.15, 0.2) is 0 Å². The number of aromatic amines is 1. The van der Waals surface area contributed by atoms with Crippen molar-refractivity contribution in [2.75, 3.05) is 0 Å². The summed E-state index contributed by atoms with van der Waals surface area (Å²) in [6.45, 7) is 6.53. The zero-order valence-electron chi connectivity index (χ0n) is 14.5. The average molecular weight is 331 g/mol. The third kappa shape index (κ3) is 4.57. The molecular weight excluding hydrogens is 306 g/mol. The van der Waals surface area contributed by atoms with E-state index < -0.39 is 11.2 Å². The van der Waals surface area contributed by atoms with E-state index in [4.69, 9.17) is 0 Å². The quantitative estimate of drug-likeness (QED) is 0.814. The van der Waals surface area contributed by atoms with Gasteiger partial charge in [0.25, 0.3) is 5.56 Å². The molecule has 0 saturated heterocycles. The van der Waals surface area contributed by atoms with Gasteiger partial charge in [0.1, 0.15) is 0 Å².